The number of rotatable bonds is 6. The molecular formula is C22H34N4O4S. The van der Waals surface area contributed by atoms with Crippen LogP contribution in [0.4, 0.5) is 0 Å². The van der Waals surface area contributed by atoms with Crippen LogP contribution in [-0.4, -0.2) is 72.7 Å². The second-order valence-corrected chi connectivity index (χ2v) is 12.4. The van der Waals surface area contributed by atoms with E-state index in [1.165, 1.54) is 0 Å². The maximum Gasteiger partial charge on any atom is 0.273 e. The number of carbonyl (C=O) groups excluding carboxylic acids is 1. The van der Waals surface area contributed by atoms with Crippen LogP contribution in [0.15, 0.2) is 10.6 Å². The lowest BCUT2D eigenvalue weighted by Crippen LogP contribution is -2.53. The molecule has 5 rings (SSSR count). The number of likely N-dealkylation sites (tertiary alicyclic amines) is 1. The lowest BCUT2D eigenvalue weighted by molar-refractivity contribution is 0.0899. The van der Waals surface area contributed by atoms with E-state index in [9.17, 15) is 13.2 Å². The van der Waals surface area contributed by atoms with Crippen LogP contribution in [0.3, 0.4) is 0 Å². The molecule has 1 saturated carbocycles. The van der Waals surface area contributed by atoms with Gasteiger partial charge < -0.3 is 14.7 Å². The van der Waals surface area contributed by atoms with Crippen LogP contribution in [0, 0.1) is 5.92 Å². The maximum absolute atomic E-state index is 13.3. The molecule has 1 aromatic rings. The average Bonchev–Trinajstić information content (AvgIpc) is 3.15. The fourth-order valence-electron chi connectivity index (χ4n) is 5.68. The van der Waals surface area contributed by atoms with Crippen molar-refractivity contribution >= 4 is 15.9 Å². The minimum atomic E-state index is -3.27. The fourth-order valence-corrected chi connectivity index (χ4v) is 8.07. The van der Waals surface area contributed by atoms with Crippen molar-refractivity contribution in [3.05, 3.63) is 17.5 Å². The first-order valence-electron chi connectivity index (χ1n) is 11.7. The third-order valence-electron chi connectivity index (χ3n) is 7.94. The molecule has 3 aliphatic heterocycles. The summed E-state index contributed by atoms with van der Waals surface area (Å²) in [6, 6.07) is 1.74. The van der Waals surface area contributed by atoms with E-state index in [1.54, 1.807) is 10.4 Å². The van der Waals surface area contributed by atoms with Crippen molar-refractivity contribution in [2.75, 3.05) is 25.9 Å². The van der Waals surface area contributed by atoms with Crippen LogP contribution < -0.4 is 5.32 Å². The SMILES string of the molecule is CN1CCC(CS(=O)(=O)N2C3CCC2CC(NC(=O)c2cc(C4(C)CC4)on2)C3)CC1. The Bertz CT molecular complexity index is 919. The van der Waals surface area contributed by atoms with Crippen molar-refractivity contribution in [1.29, 1.82) is 0 Å². The van der Waals surface area contributed by atoms with Gasteiger partial charge in [-0.05, 0) is 77.4 Å². The van der Waals surface area contributed by atoms with E-state index in [0.717, 1.165) is 57.4 Å². The molecule has 0 spiro atoms. The van der Waals surface area contributed by atoms with Crippen LogP contribution in [0.25, 0.3) is 0 Å². The maximum atomic E-state index is 13.3. The van der Waals surface area contributed by atoms with Gasteiger partial charge >= 0.3 is 0 Å². The zero-order chi connectivity index (χ0) is 21.8. The Hall–Kier alpha value is -1.45. The summed E-state index contributed by atoms with van der Waals surface area (Å²) < 4.78 is 33.7. The second-order valence-electron chi connectivity index (χ2n) is 10.5. The van der Waals surface area contributed by atoms with Crippen molar-refractivity contribution in [1.82, 2.24) is 19.7 Å². The smallest absolute Gasteiger partial charge is 0.273 e. The number of fused-ring (bicyclic) bond motifs is 2. The lowest BCUT2D eigenvalue weighted by Gasteiger charge is -2.39. The Morgan fingerprint density at radius 3 is 2.45 bits per heavy atom. The molecule has 172 valence electrons. The summed E-state index contributed by atoms with van der Waals surface area (Å²) in [6.07, 6.45) is 7.17. The van der Waals surface area contributed by atoms with Crippen molar-refractivity contribution < 1.29 is 17.7 Å². The number of nitrogens with one attached hydrogen (secondary N) is 1. The third-order valence-corrected chi connectivity index (χ3v) is 10.1. The first-order chi connectivity index (χ1) is 14.7. The largest absolute Gasteiger partial charge is 0.360 e. The number of aromatic nitrogens is 1. The number of hydrogen-bond acceptors (Lipinski definition) is 6. The second kappa shape index (κ2) is 7.85. The van der Waals surface area contributed by atoms with E-state index in [2.05, 4.69) is 29.3 Å². The molecule has 1 amide bonds. The molecule has 4 aliphatic rings. The summed E-state index contributed by atoms with van der Waals surface area (Å²) in [5.74, 6) is 1.09. The highest BCUT2D eigenvalue weighted by atomic mass is 32.2. The van der Waals surface area contributed by atoms with Gasteiger partial charge in [-0.3, -0.25) is 4.79 Å². The van der Waals surface area contributed by atoms with E-state index < -0.39 is 10.0 Å². The van der Waals surface area contributed by atoms with Gasteiger partial charge in [-0.1, -0.05) is 12.1 Å². The van der Waals surface area contributed by atoms with Crippen molar-refractivity contribution in [2.24, 2.45) is 5.92 Å². The molecular weight excluding hydrogens is 416 g/mol. The van der Waals surface area contributed by atoms with Gasteiger partial charge in [0.15, 0.2) is 5.69 Å². The predicted octanol–water partition coefficient (Wildman–Crippen LogP) is 2.12. The molecule has 1 aromatic heterocycles. The molecule has 1 aliphatic carbocycles. The zero-order valence-electron chi connectivity index (χ0n) is 18.5. The number of carbonyl (C=O) groups is 1. The van der Waals surface area contributed by atoms with Gasteiger partial charge in [-0.25, -0.2) is 8.42 Å². The number of sulfonamides is 1. The summed E-state index contributed by atoms with van der Waals surface area (Å²) in [5.41, 5.74) is 0.366. The van der Waals surface area contributed by atoms with Gasteiger partial charge in [-0.2, -0.15) is 4.31 Å². The van der Waals surface area contributed by atoms with E-state index in [-0.39, 0.29) is 41.1 Å². The number of amides is 1. The Morgan fingerprint density at radius 1 is 1.19 bits per heavy atom. The summed E-state index contributed by atoms with van der Waals surface area (Å²) >= 11 is 0. The molecule has 2 bridgehead atoms. The summed E-state index contributed by atoms with van der Waals surface area (Å²) in [7, 11) is -1.18. The topological polar surface area (TPSA) is 95.8 Å². The molecule has 31 heavy (non-hydrogen) atoms. The highest BCUT2D eigenvalue weighted by Crippen LogP contribution is 2.47. The standard InChI is InChI=1S/C22H34N4O4S/c1-22(7-8-22)20-13-19(24-30-20)21(27)23-16-11-17-3-4-18(12-16)26(17)31(28,29)14-15-5-9-25(2)10-6-15/h13,15-18H,3-12,14H2,1-2H3,(H,23,27). The Balaban J connectivity index is 1.19. The van der Waals surface area contributed by atoms with Gasteiger partial charge in [-0.15, -0.1) is 0 Å². The number of piperidine rings is 2. The molecule has 4 heterocycles. The van der Waals surface area contributed by atoms with Gasteiger partial charge in [0.1, 0.15) is 5.76 Å². The minimum Gasteiger partial charge on any atom is -0.360 e. The molecule has 8 nitrogen and oxygen atoms in total. The van der Waals surface area contributed by atoms with Gasteiger partial charge in [0, 0.05) is 29.6 Å². The van der Waals surface area contributed by atoms with E-state index in [0.29, 0.717) is 18.5 Å². The molecule has 0 radical (unpaired) electrons. The van der Waals surface area contributed by atoms with Crippen molar-refractivity contribution in [3.8, 4) is 0 Å². The van der Waals surface area contributed by atoms with Gasteiger partial charge in [0.2, 0.25) is 10.0 Å². The van der Waals surface area contributed by atoms with Crippen LogP contribution in [0.1, 0.15) is 74.5 Å². The Morgan fingerprint density at radius 2 is 1.84 bits per heavy atom. The third kappa shape index (κ3) is 4.28. The highest BCUT2D eigenvalue weighted by molar-refractivity contribution is 7.89. The first-order valence-corrected chi connectivity index (χ1v) is 13.3. The molecule has 3 saturated heterocycles. The normalized spacial score (nSPS) is 31.6. The summed E-state index contributed by atoms with van der Waals surface area (Å²) in [6.45, 7) is 4.07. The van der Waals surface area contributed by atoms with Crippen LogP contribution in [-0.2, 0) is 15.4 Å². The average molecular weight is 451 g/mol. The van der Waals surface area contributed by atoms with Gasteiger partial charge in [0.25, 0.3) is 5.91 Å². The molecule has 1 N–H and O–H groups in total. The predicted molar refractivity (Wildman–Crippen MR) is 116 cm³/mol. The van der Waals surface area contributed by atoms with Crippen LogP contribution in [0.2, 0.25) is 0 Å². The minimum absolute atomic E-state index is 0.00133. The molecule has 0 aromatic carbocycles. The van der Waals surface area contributed by atoms with E-state index >= 15 is 0 Å². The Labute approximate surface area is 184 Å². The summed E-state index contributed by atoms with van der Waals surface area (Å²) in [4.78, 5) is 15.0. The Kier molecular flexibility index (Phi) is 5.42. The van der Waals surface area contributed by atoms with E-state index in [1.807, 2.05) is 0 Å². The van der Waals surface area contributed by atoms with Crippen LogP contribution in [0.5, 0.6) is 0 Å². The highest BCUT2D eigenvalue weighted by Gasteiger charge is 2.48. The molecule has 2 atom stereocenters. The van der Waals surface area contributed by atoms with Crippen molar-refractivity contribution in [3.63, 3.8) is 0 Å². The first kappa shape index (κ1) is 21.4. The number of hydrogen-bond donors (Lipinski definition) is 1. The van der Waals surface area contributed by atoms with Gasteiger partial charge in [0.05, 0.1) is 5.75 Å². The van der Waals surface area contributed by atoms with Crippen LogP contribution >= 0.6 is 0 Å². The zero-order valence-corrected chi connectivity index (χ0v) is 19.4. The van der Waals surface area contributed by atoms with Crippen molar-refractivity contribution in [2.45, 2.75) is 81.8 Å². The molecule has 2 unspecified atom stereocenters. The molecule has 4 fully saturated rings. The van der Waals surface area contributed by atoms with E-state index in [4.69, 9.17) is 4.52 Å². The molecule has 9 heteroatoms. The lowest BCUT2D eigenvalue weighted by atomic mass is 9.99. The monoisotopic (exact) mass is 450 g/mol. The number of nitrogens with zero attached hydrogens (tertiary/aromatic N) is 3. The fraction of sp³-hybridized carbons (Fsp3) is 0.818. The summed E-state index contributed by atoms with van der Waals surface area (Å²) in [5, 5.41) is 7.06. The quantitative estimate of drug-likeness (QED) is 0.713.